The summed E-state index contributed by atoms with van der Waals surface area (Å²) in [6.07, 6.45) is 8.61. The van der Waals surface area contributed by atoms with E-state index in [0.717, 1.165) is 23.7 Å². The maximum atomic E-state index is 2.48. The average molecular weight is 220 g/mol. The minimum Gasteiger partial charge on any atom is -0.0741 e. The van der Waals surface area contributed by atoms with Crippen molar-refractivity contribution in [1.29, 1.82) is 0 Å². The third kappa shape index (κ3) is 2.70. The predicted octanol–water partition coefficient (Wildman–Crippen LogP) is 5.20. The second kappa shape index (κ2) is 4.94. The molecule has 0 amide bonds. The van der Waals surface area contributed by atoms with Crippen LogP contribution in [0.1, 0.15) is 66.2 Å². The first-order valence-electron chi connectivity index (χ1n) is 7.27. The molecule has 16 heavy (non-hydrogen) atoms. The summed E-state index contributed by atoms with van der Waals surface area (Å²) in [7, 11) is 0. The van der Waals surface area contributed by atoms with Gasteiger partial charge < -0.3 is 0 Å². The van der Waals surface area contributed by atoms with E-state index in [-0.39, 0.29) is 0 Å². The van der Waals surface area contributed by atoms with E-state index in [1.165, 1.54) is 38.5 Å². The first kappa shape index (κ1) is 12.2. The third-order valence-corrected chi connectivity index (χ3v) is 5.05. The van der Waals surface area contributed by atoms with E-state index in [9.17, 15) is 0 Å². The van der Waals surface area contributed by atoms with Crippen LogP contribution in [0.5, 0.6) is 0 Å². The largest absolute Gasteiger partial charge is 0.0741 e. The highest BCUT2D eigenvalue weighted by Gasteiger charge is 2.34. The normalized spacial score (nSPS) is 33.6. The smallest absolute Gasteiger partial charge is 0.0280 e. The SMILES string of the molecule is CC(CC[C@H]1C(C)CC[C@H]1C(C)C)=C1CC1. The van der Waals surface area contributed by atoms with Crippen LogP contribution in [0.3, 0.4) is 0 Å². The van der Waals surface area contributed by atoms with Crippen molar-refractivity contribution < 1.29 is 0 Å². The minimum atomic E-state index is 0.892. The lowest BCUT2D eigenvalue weighted by molar-refractivity contribution is 0.246. The van der Waals surface area contributed by atoms with Gasteiger partial charge in [-0.25, -0.2) is 0 Å². The summed E-state index contributed by atoms with van der Waals surface area (Å²) >= 11 is 0. The molecule has 2 aliphatic carbocycles. The Morgan fingerprint density at radius 3 is 2.50 bits per heavy atom. The molecule has 0 saturated heterocycles. The van der Waals surface area contributed by atoms with Gasteiger partial charge in [0.15, 0.2) is 0 Å². The molecule has 0 aromatic carbocycles. The molecular formula is C16H28. The molecule has 0 heteroatoms. The first-order valence-corrected chi connectivity index (χ1v) is 7.27. The second-order valence-corrected chi connectivity index (χ2v) is 6.55. The van der Waals surface area contributed by atoms with Crippen molar-refractivity contribution >= 4 is 0 Å². The fourth-order valence-electron chi connectivity index (χ4n) is 3.68. The summed E-state index contributed by atoms with van der Waals surface area (Å²) in [6, 6.07) is 0. The van der Waals surface area contributed by atoms with Gasteiger partial charge in [0.2, 0.25) is 0 Å². The van der Waals surface area contributed by atoms with Gasteiger partial charge in [0.1, 0.15) is 0 Å². The zero-order valence-electron chi connectivity index (χ0n) is 11.6. The van der Waals surface area contributed by atoms with Gasteiger partial charge in [0, 0.05) is 0 Å². The van der Waals surface area contributed by atoms with Gasteiger partial charge in [-0.3, -0.25) is 0 Å². The fourth-order valence-corrected chi connectivity index (χ4v) is 3.68. The third-order valence-electron chi connectivity index (χ3n) is 5.05. The van der Waals surface area contributed by atoms with Gasteiger partial charge in [-0.15, -0.1) is 0 Å². The van der Waals surface area contributed by atoms with Gasteiger partial charge >= 0.3 is 0 Å². The monoisotopic (exact) mass is 220 g/mol. The van der Waals surface area contributed by atoms with Gasteiger partial charge in [-0.05, 0) is 62.7 Å². The van der Waals surface area contributed by atoms with E-state index in [1.54, 1.807) is 11.1 Å². The molecule has 92 valence electrons. The van der Waals surface area contributed by atoms with Crippen LogP contribution in [0.4, 0.5) is 0 Å². The molecule has 0 aromatic heterocycles. The summed E-state index contributed by atoms with van der Waals surface area (Å²) in [5, 5.41) is 0. The lowest BCUT2D eigenvalue weighted by atomic mass is 9.80. The molecule has 0 heterocycles. The summed E-state index contributed by atoms with van der Waals surface area (Å²) in [6.45, 7) is 9.68. The number of rotatable bonds is 4. The van der Waals surface area contributed by atoms with E-state index in [1.807, 2.05) is 0 Å². The van der Waals surface area contributed by atoms with E-state index >= 15 is 0 Å². The Balaban J connectivity index is 1.88. The number of allylic oxidation sites excluding steroid dienone is 2. The Kier molecular flexibility index (Phi) is 3.77. The number of hydrogen-bond acceptors (Lipinski definition) is 0. The molecule has 2 aliphatic rings. The fraction of sp³-hybridized carbons (Fsp3) is 0.875. The minimum absolute atomic E-state index is 0.892. The Morgan fingerprint density at radius 2 is 1.94 bits per heavy atom. The van der Waals surface area contributed by atoms with Crippen molar-refractivity contribution in [3.05, 3.63) is 11.1 Å². The van der Waals surface area contributed by atoms with Crippen LogP contribution in [0.2, 0.25) is 0 Å². The first-order chi connectivity index (χ1) is 7.59. The molecule has 0 aromatic rings. The lowest BCUT2D eigenvalue weighted by Gasteiger charge is -2.26. The summed E-state index contributed by atoms with van der Waals surface area (Å²) in [5.74, 6) is 3.88. The number of hydrogen-bond donors (Lipinski definition) is 0. The highest BCUT2D eigenvalue weighted by atomic mass is 14.4. The molecule has 0 spiro atoms. The maximum Gasteiger partial charge on any atom is -0.0280 e. The lowest BCUT2D eigenvalue weighted by Crippen LogP contribution is -2.18. The summed E-state index contributed by atoms with van der Waals surface area (Å²) < 4.78 is 0. The van der Waals surface area contributed by atoms with Crippen LogP contribution in [0, 0.1) is 23.7 Å². The molecule has 1 unspecified atom stereocenters. The molecule has 2 fully saturated rings. The molecule has 2 rings (SSSR count). The molecule has 0 N–H and O–H groups in total. The van der Waals surface area contributed by atoms with Crippen LogP contribution < -0.4 is 0 Å². The van der Waals surface area contributed by atoms with E-state index < -0.39 is 0 Å². The average Bonchev–Trinajstić information content (AvgIpc) is 3.00. The van der Waals surface area contributed by atoms with Gasteiger partial charge in [-0.1, -0.05) is 38.3 Å². The molecule has 0 bridgehead atoms. The van der Waals surface area contributed by atoms with Crippen LogP contribution >= 0.6 is 0 Å². The molecule has 3 atom stereocenters. The maximum absolute atomic E-state index is 2.48. The van der Waals surface area contributed by atoms with Crippen LogP contribution in [-0.2, 0) is 0 Å². The standard InChI is InChI=1S/C16H28/c1-11(2)15-9-6-13(4)16(15)10-5-12(3)14-7-8-14/h11,13,15-16H,5-10H2,1-4H3/t13?,15-,16-/m0/s1. The van der Waals surface area contributed by atoms with Crippen molar-refractivity contribution in [2.75, 3.05) is 0 Å². The quantitative estimate of drug-likeness (QED) is 0.572. The molecule has 0 nitrogen and oxygen atoms in total. The van der Waals surface area contributed by atoms with Crippen molar-refractivity contribution in [1.82, 2.24) is 0 Å². The molecule has 0 aliphatic heterocycles. The highest BCUT2D eigenvalue weighted by molar-refractivity contribution is 5.23. The second-order valence-electron chi connectivity index (χ2n) is 6.55. The van der Waals surface area contributed by atoms with Crippen molar-refractivity contribution in [2.24, 2.45) is 23.7 Å². The molecule has 2 saturated carbocycles. The van der Waals surface area contributed by atoms with Crippen LogP contribution in [-0.4, -0.2) is 0 Å². The van der Waals surface area contributed by atoms with Crippen LogP contribution in [0.15, 0.2) is 11.1 Å². The van der Waals surface area contributed by atoms with Gasteiger partial charge in [0.05, 0.1) is 0 Å². The van der Waals surface area contributed by atoms with Crippen LogP contribution in [0.25, 0.3) is 0 Å². The Morgan fingerprint density at radius 1 is 1.25 bits per heavy atom. The topological polar surface area (TPSA) is 0 Å². The zero-order valence-corrected chi connectivity index (χ0v) is 11.6. The molecule has 0 radical (unpaired) electrons. The predicted molar refractivity (Wildman–Crippen MR) is 71.4 cm³/mol. The zero-order chi connectivity index (χ0) is 11.7. The van der Waals surface area contributed by atoms with E-state index in [4.69, 9.17) is 0 Å². The van der Waals surface area contributed by atoms with E-state index in [2.05, 4.69) is 27.7 Å². The van der Waals surface area contributed by atoms with Crippen molar-refractivity contribution in [3.8, 4) is 0 Å². The van der Waals surface area contributed by atoms with Crippen molar-refractivity contribution in [3.63, 3.8) is 0 Å². The summed E-state index contributed by atoms with van der Waals surface area (Å²) in [5.41, 5.74) is 3.49. The summed E-state index contributed by atoms with van der Waals surface area (Å²) in [4.78, 5) is 0. The Bertz CT molecular complexity index is 266. The Labute approximate surface area is 102 Å². The van der Waals surface area contributed by atoms with Gasteiger partial charge in [0.25, 0.3) is 0 Å². The Hall–Kier alpha value is -0.260. The van der Waals surface area contributed by atoms with Crippen molar-refractivity contribution in [2.45, 2.75) is 66.2 Å². The van der Waals surface area contributed by atoms with Gasteiger partial charge in [-0.2, -0.15) is 0 Å². The molecular weight excluding hydrogens is 192 g/mol. The van der Waals surface area contributed by atoms with E-state index in [0.29, 0.717) is 0 Å². The highest BCUT2D eigenvalue weighted by Crippen LogP contribution is 2.44.